The Morgan fingerprint density at radius 1 is 1.41 bits per heavy atom. The van der Waals surface area contributed by atoms with Crippen LogP contribution in [-0.4, -0.2) is 43.5 Å². The lowest BCUT2D eigenvalue weighted by molar-refractivity contribution is -0.123. The summed E-state index contributed by atoms with van der Waals surface area (Å²) in [6, 6.07) is 5.94. The van der Waals surface area contributed by atoms with Crippen molar-refractivity contribution in [3.8, 4) is 5.75 Å². The van der Waals surface area contributed by atoms with Crippen LogP contribution in [0.15, 0.2) is 24.3 Å². The lowest BCUT2D eigenvalue weighted by Crippen LogP contribution is -2.34. The highest BCUT2D eigenvalue weighted by Gasteiger charge is 2.21. The third-order valence-corrected chi connectivity index (χ3v) is 3.77. The zero-order valence-electron chi connectivity index (χ0n) is 12.5. The van der Waals surface area contributed by atoms with Gasteiger partial charge in [-0.2, -0.15) is 0 Å². The third-order valence-electron chi connectivity index (χ3n) is 3.77. The highest BCUT2D eigenvalue weighted by Crippen LogP contribution is 2.20. The minimum absolute atomic E-state index is 0.0555. The van der Waals surface area contributed by atoms with Crippen LogP contribution in [0.4, 0.5) is 4.39 Å². The number of carbonyl (C=O) groups excluding carboxylic acids is 1. The maximum atomic E-state index is 13.3. The lowest BCUT2D eigenvalue weighted by atomic mass is 9.92. The van der Waals surface area contributed by atoms with Gasteiger partial charge in [-0.15, -0.1) is 0 Å². The summed E-state index contributed by atoms with van der Waals surface area (Å²) in [5.41, 5.74) is 0. The molecule has 22 heavy (non-hydrogen) atoms. The molecule has 0 aromatic heterocycles. The fourth-order valence-electron chi connectivity index (χ4n) is 2.45. The summed E-state index contributed by atoms with van der Waals surface area (Å²) in [6.45, 7) is 1.50. The van der Waals surface area contributed by atoms with Crippen LogP contribution in [0.5, 0.6) is 5.75 Å². The first-order valence-corrected chi connectivity index (χ1v) is 7.56. The molecule has 1 aliphatic heterocycles. The van der Waals surface area contributed by atoms with Gasteiger partial charge in [0.1, 0.15) is 0 Å². The highest BCUT2D eigenvalue weighted by molar-refractivity contribution is 5.77. The Morgan fingerprint density at radius 3 is 2.86 bits per heavy atom. The number of rotatable bonds is 7. The van der Waals surface area contributed by atoms with Crippen molar-refractivity contribution in [1.29, 1.82) is 0 Å². The molecule has 122 valence electrons. The summed E-state index contributed by atoms with van der Waals surface area (Å²) < 4.78 is 23.7. The molecular weight excluding hydrogens is 289 g/mol. The average molecular weight is 311 g/mol. The summed E-state index contributed by atoms with van der Waals surface area (Å²) in [7, 11) is 0. The van der Waals surface area contributed by atoms with E-state index >= 15 is 0 Å². The van der Waals surface area contributed by atoms with Gasteiger partial charge in [0.25, 0.3) is 5.91 Å². The van der Waals surface area contributed by atoms with Gasteiger partial charge in [0, 0.05) is 19.8 Å². The Kier molecular flexibility index (Phi) is 6.61. The second-order valence-corrected chi connectivity index (χ2v) is 5.37. The van der Waals surface area contributed by atoms with Gasteiger partial charge < -0.3 is 19.9 Å². The van der Waals surface area contributed by atoms with Crippen molar-refractivity contribution in [1.82, 2.24) is 5.32 Å². The van der Waals surface area contributed by atoms with E-state index in [1.807, 2.05) is 0 Å². The van der Waals surface area contributed by atoms with Crippen LogP contribution in [0.1, 0.15) is 19.3 Å². The number of aliphatic hydroxyl groups is 1. The van der Waals surface area contributed by atoms with Gasteiger partial charge in [-0.1, -0.05) is 12.1 Å². The Morgan fingerprint density at radius 2 is 2.14 bits per heavy atom. The van der Waals surface area contributed by atoms with Crippen molar-refractivity contribution in [2.45, 2.75) is 25.4 Å². The third kappa shape index (κ3) is 5.27. The van der Waals surface area contributed by atoms with Crippen LogP contribution in [-0.2, 0) is 9.53 Å². The van der Waals surface area contributed by atoms with Crippen molar-refractivity contribution >= 4 is 5.91 Å². The summed E-state index contributed by atoms with van der Waals surface area (Å²) in [5, 5.41) is 12.7. The molecular formula is C16H22FNO4. The molecule has 2 rings (SSSR count). The van der Waals surface area contributed by atoms with Crippen LogP contribution in [0.25, 0.3) is 0 Å². The SMILES string of the molecule is O=C(COc1ccccc1F)NCCC(O)C1CCOCC1. The maximum Gasteiger partial charge on any atom is 0.257 e. The number of aliphatic hydroxyl groups excluding tert-OH is 1. The summed E-state index contributed by atoms with van der Waals surface area (Å²) in [5.74, 6) is -0.534. The topological polar surface area (TPSA) is 67.8 Å². The van der Waals surface area contributed by atoms with Crippen molar-refractivity contribution in [3.05, 3.63) is 30.1 Å². The highest BCUT2D eigenvalue weighted by atomic mass is 19.1. The molecule has 1 aromatic carbocycles. The van der Waals surface area contributed by atoms with Crippen LogP contribution < -0.4 is 10.1 Å². The van der Waals surface area contributed by atoms with Crippen molar-refractivity contribution in [3.63, 3.8) is 0 Å². The molecule has 1 amide bonds. The first-order chi connectivity index (χ1) is 10.7. The normalized spacial score (nSPS) is 17.0. The van der Waals surface area contributed by atoms with Crippen LogP contribution >= 0.6 is 0 Å². The van der Waals surface area contributed by atoms with E-state index in [-0.39, 0.29) is 24.2 Å². The predicted molar refractivity (Wildman–Crippen MR) is 79.1 cm³/mol. The first-order valence-electron chi connectivity index (χ1n) is 7.56. The molecule has 0 aliphatic carbocycles. The van der Waals surface area contributed by atoms with E-state index in [9.17, 15) is 14.3 Å². The van der Waals surface area contributed by atoms with Gasteiger partial charge in [-0.25, -0.2) is 4.39 Å². The fourth-order valence-corrected chi connectivity index (χ4v) is 2.45. The molecule has 0 spiro atoms. The molecule has 1 unspecified atom stereocenters. The minimum Gasteiger partial charge on any atom is -0.481 e. The molecule has 2 N–H and O–H groups in total. The molecule has 0 radical (unpaired) electrons. The number of carbonyl (C=O) groups is 1. The van der Waals surface area contributed by atoms with E-state index in [0.29, 0.717) is 26.2 Å². The van der Waals surface area contributed by atoms with E-state index in [1.54, 1.807) is 12.1 Å². The molecule has 6 heteroatoms. The van der Waals surface area contributed by atoms with Gasteiger partial charge in [0.2, 0.25) is 0 Å². The van der Waals surface area contributed by atoms with Gasteiger partial charge >= 0.3 is 0 Å². The standard InChI is InChI=1S/C16H22FNO4/c17-13-3-1-2-4-15(13)22-11-16(20)18-8-5-14(19)12-6-9-21-10-7-12/h1-4,12,14,19H,5-11H2,(H,18,20). The van der Waals surface area contributed by atoms with Gasteiger partial charge in [0.15, 0.2) is 18.2 Å². The van der Waals surface area contributed by atoms with Crippen LogP contribution in [0, 0.1) is 11.7 Å². The Balaban J connectivity index is 1.62. The molecule has 1 saturated heterocycles. The van der Waals surface area contributed by atoms with Gasteiger partial charge in [0.05, 0.1) is 6.10 Å². The van der Waals surface area contributed by atoms with Gasteiger partial charge in [-0.05, 0) is 37.3 Å². The summed E-state index contributed by atoms with van der Waals surface area (Å²) >= 11 is 0. The summed E-state index contributed by atoms with van der Waals surface area (Å²) in [6.07, 6.45) is 1.77. The molecule has 1 aliphatic rings. The number of para-hydroxylation sites is 1. The van der Waals surface area contributed by atoms with Crippen LogP contribution in [0.2, 0.25) is 0 Å². The quantitative estimate of drug-likeness (QED) is 0.801. The van der Waals surface area contributed by atoms with Crippen molar-refractivity contribution in [2.24, 2.45) is 5.92 Å². The van der Waals surface area contributed by atoms with Crippen molar-refractivity contribution < 1.29 is 23.8 Å². The minimum atomic E-state index is -0.495. The van der Waals surface area contributed by atoms with Crippen LogP contribution in [0.3, 0.4) is 0 Å². The Hall–Kier alpha value is -1.66. The second kappa shape index (κ2) is 8.70. The molecule has 1 fully saturated rings. The molecule has 1 aromatic rings. The molecule has 5 nitrogen and oxygen atoms in total. The lowest BCUT2D eigenvalue weighted by Gasteiger charge is -2.26. The van der Waals surface area contributed by atoms with E-state index in [4.69, 9.17) is 9.47 Å². The Labute approximate surface area is 129 Å². The number of amides is 1. The number of hydrogen-bond acceptors (Lipinski definition) is 4. The monoisotopic (exact) mass is 311 g/mol. The van der Waals surface area contributed by atoms with E-state index in [0.717, 1.165) is 12.8 Å². The summed E-state index contributed by atoms with van der Waals surface area (Å²) in [4.78, 5) is 11.6. The number of hydrogen-bond donors (Lipinski definition) is 2. The number of halogens is 1. The van der Waals surface area contributed by atoms with E-state index in [1.165, 1.54) is 12.1 Å². The number of nitrogens with one attached hydrogen (secondary N) is 1. The van der Waals surface area contributed by atoms with Crippen molar-refractivity contribution in [2.75, 3.05) is 26.4 Å². The van der Waals surface area contributed by atoms with Gasteiger partial charge in [-0.3, -0.25) is 4.79 Å². The first kappa shape index (κ1) is 16.7. The van der Waals surface area contributed by atoms with E-state index in [2.05, 4.69) is 5.32 Å². The second-order valence-electron chi connectivity index (χ2n) is 5.37. The fraction of sp³-hybridized carbons (Fsp3) is 0.562. The zero-order chi connectivity index (χ0) is 15.8. The smallest absolute Gasteiger partial charge is 0.257 e. The maximum absolute atomic E-state index is 13.3. The van der Waals surface area contributed by atoms with E-state index < -0.39 is 11.9 Å². The zero-order valence-corrected chi connectivity index (χ0v) is 12.5. The molecule has 1 heterocycles. The predicted octanol–water partition coefficient (Wildman–Crippen LogP) is 1.50. The Bertz CT molecular complexity index is 477. The number of benzene rings is 1. The number of ether oxygens (including phenoxy) is 2. The molecule has 0 bridgehead atoms. The largest absolute Gasteiger partial charge is 0.481 e. The molecule has 1 atom stereocenters. The molecule has 0 saturated carbocycles. The average Bonchev–Trinajstić information content (AvgIpc) is 2.55.